The number of anilines is 1. The minimum atomic E-state index is 0.710. The second kappa shape index (κ2) is 5.19. The van der Waals surface area contributed by atoms with Gasteiger partial charge >= 0.3 is 0 Å². The molecule has 0 aromatic heterocycles. The van der Waals surface area contributed by atoms with Crippen molar-refractivity contribution in [2.24, 2.45) is 5.73 Å². The Labute approximate surface area is 106 Å². The average Bonchev–Trinajstić information content (AvgIpc) is 2.15. The molecule has 88 valence electrons. The summed E-state index contributed by atoms with van der Waals surface area (Å²) < 4.78 is 1.14. The van der Waals surface area contributed by atoms with Crippen molar-refractivity contribution in [1.29, 1.82) is 0 Å². The van der Waals surface area contributed by atoms with Crippen molar-refractivity contribution in [2.75, 3.05) is 18.5 Å². The highest BCUT2D eigenvalue weighted by Crippen LogP contribution is 2.31. The van der Waals surface area contributed by atoms with Crippen LogP contribution in [0, 0.1) is 0 Å². The van der Waals surface area contributed by atoms with Crippen molar-refractivity contribution >= 4 is 21.6 Å². The van der Waals surface area contributed by atoms with Gasteiger partial charge in [-0.25, -0.2) is 0 Å². The second-order valence-electron chi connectivity index (χ2n) is 4.51. The molecule has 1 aliphatic rings. The standard InChI is InChI=1S/C13H19BrN2/c1-16(12-3-2-4-12)13-6-5-11(14)9-10(13)7-8-15/h5-6,9,12H,2-4,7-8,15H2,1H3. The third-order valence-electron chi connectivity index (χ3n) is 3.46. The van der Waals surface area contributed by atoms with Crippen LogP contribution in [0.25, 0.3) is 0 Å². The van der Waals surface area contributed by atoms with Crippen LogP contribution >= 0.6 is 15.9 Å². The Bertz CT molecular complexity index is 361. The molecule has 0 radical (unpaired) electrons. The van der Waals surface area contributed by atoms with Gasteiger partial charge in [0.25, 0.3) is 0 Å². The van der Waals surface area contributed by atoms with Crippen molar-refractivity contribution < 1.29 is 0 Å². The molecule has 0 unspecified atom stereocenters. The molecule has 1 saturated carbocycles. The van der Waals surface area contributed by atoms with Gasteiger partial charge in [0.1, 0.15) is 0 Å². The van der Waals surface area contributed by atoms with Gasteiger partial charge < -0.3 is 10.6 Å². The van der Waals surface area contributed by atoms with E-state index in [9.17, 15) is 0 Å². The molecule has 0 saturated heterocycles. The molecular formula is C13H19BrN2. The largest absolute Gasteiger partial charge is 0.371 e. The second-order valence-corrected chi connectivity index (χ2v) is 5.42. The van der Waals surface area contributed by atoms with Crippen LogP contribution in [0.5, 0.6) is 0 Å². The number of hydrogen-bond donors (Lipinski definition) is 1. The summed E-state index contributed by atoms with van der Waals surface area (Å²) in [6, 6.07) is 7.24. The SMILES string of the molecule is CN(c1ccc(Br)cc1CCN)C1CCC1. The molecular weight excluding hydrogens is 264 g/mol. The van der Waals surface area contributed by atoms with Crippen LogP contribution in [0.2, 0.25) is 0 Å². The van der Waals surface area contributed by atoms with Gasteiger partial charge in [0.05, 0.1) is 0 Å². The molecule has 3 heteroatoms. The van der Waals surface area contributed by atoms with Crippen molar-refractivity contribution in [3.63, 3.8) is 0 Å². The normalized spacial score (nSPS) is 15.9. The number of hydrogen-bond acceptors (Lipinski definition) is 2. The topological polar surface area (TPSA) is 29.3 Å². The predicted molar refractivity (Wildman–Crippen MR) is 72.9 cm³/mol. The molecule has 2 N–H and O–H groups in total. The minimum absolute atomic E-state index is 0.710. The molecule has 1 aliphatic carbocycles. The van der Waals surface area contributed by atoms with Crippen LogP contribution < -0.4 is 10.6 Å². The zero-order valence-corrected chi connectivity index (χ0v) is 11.3. The maximum absolute atomic E-state index is 5.67. The van der Waals surface area contributed by atoms with E-state index < -0.39 is 0 Å². The zero-order chi connectivity index (χ0) is 11.5. The first-order valence-electron chi connectivity index (χ1n) is 5.93. The van der Waals surface area contributed by atoms with Crippen molar-refractivity contribution in [1.82, 2.24) is 0 Å². The first-order valence-corrected chi connectivity index (χ1v) is 6.73. The molecule has 16 heavy (non-hydrogen) atoms. The lowest BCUT2D eigenvalue weighted by molar-refractivity contribution is 0.400. The third-order valence-corrected chi connectivity index (χ3v) is 3.95. The zero-order valence-electron chi connectivity index (χ0n) is 9.75. The van der Waals surface area contributed by atoms with Gasteiger partial charge in [-0.05, 0) is 56.0 Å². The van der Waals surface area contributed by atoms with Crippen LogP contribution in [0.15, 0.2) is 22.7 Å². The van der Waals surface area contributed by atoms with Gasteiger partial charge in [0.2, 0.25) is 0 Å². The van der Waals surface area contributed by atoms with E-state index in [1.165, 1.54) is 30.5 Å². The van der Waals surface area contributed by atoms with E-state index in [2.05, 4.69) is 46.1 Å². The van der Waals surface area contributed by atoms with Gasteiger partial charge in [0.15, 0.2) is 0 Å². The van der Waals surface area contributed by atoms with E-state index in [1.54, 1.807) is 0 Å². The Balaban J connectivity index is 2.23. The summed E-state index contributed by atoms with van der Waals surface area (Å²) in [5.74, 6) is 0. The average molecular weight is 283 g/mol. The molecule has 0 spiro atoms. The molecule has 0 atom stereocenters. The summed E-state index contributed by atoms with van der Waals surface area (Å²) in [7, 11) is 2.20. The van der Waals surface area contributed by atoms with Crippen LogP contribution in [0.4, 0.5) is 5.69 Å². The summed E-state index contributed by atoms with van der Waals surface area (Å²) in [5, 5.41) is 0. The lowest BCUT2D eigenvalue weighted by Gasteiger charge is -2.37. The fraction of sp³-hybridized carbons (Fsp3) is 0.538. The Kier molecular flexibility index (Phi) is 3.87. The Morgan fingerprint density at radius 1 is 1.44 bits per heavy atom. The quantitative estimate of drug-likeness (QED) is 0.920. The van der Waals surface area contributed by atoms with Crippen molar-refractivity contribution in [3.8, 4) is 0 Å². The highest BCUT2D eigenvalue weighted by molar-refractivity contribution is 9.10. The number of nitrogens with zero attached hydrogens (tertiary/aromatic N) is 1. The van der Waals surface area contributed by atoms with Crippen LogP contribution in [0.3, 0.4) is 0 Å². The summed E-state index contributed by atoms with van der Waals surface area (Å²) in [5.41, 5.74) is 8.37. The lowest BCUT2D eigenvalue weighted by atomic mass is 9.91. The fourth-order valence-electron chi connectivity index (χ4n) is 2.22. The van der Waals surface area contributed by atoms with Crippen LogP contribution in [-0.4, -0.2) is 19.6 Å². The molecule has 1 aromatic rings. The molecule has 0 heterocycles. The highest BCUT2D eigenvalue weighted by atomic mass is 79.9. The first kappa shape index (κ1) is 11.9. The molecule has 0 bridgehead atoms. The molecule has 1 fully saturated rings. The maximum atomic E-state index is 5.67. The van der Waals surface area contributed by atoms with Gasteiger partial charge in [-0.15, -0.1) is 0 Å². The van der Waals surface area contributed by atoms with E-state index in [4.69, 9.17) is 5.73 Å². The smallest absolute Gasteiger partial charge is 0.0399 e. The van der Waals surface area contributed by atoms with Crippen molar-refractivity contribution in [3.05, 3.63) is 28.2 Å². The van der Waals surface area contributed by atoms with Gasteiger partial charge in [-0.1, -0.05) is 15.9 Å². The molecule has 0 aliphatic heterocycles. The molecule has 2 nitrogen and oxygen atoms in total. The monoisotopic (exact) mass is 282 g/mol. The van der Waals surface area contributed by atoms with E-state index in [0.717, 1.165) is 16.9 Å². The van der Waals surface area contributed by atoms with E-state index in [1.807, 2.05) is 0 Å². The van der Waals surface area contributed by atoms with E-state index in [-0.39, 0.29) is 0 Å². The summed E-state index contributed by atoms with van der Waals surface area (Å²) in [6.45, 7) is 0.710. The summed E-state index contributed by atoms with van der Waals surface area (Å²) in [6.07, 6.45) is 4.98. The van der Waals surface area contributed by atoms with E-state index >= 15 is 0 Å². The number of nitrogens with two attached hydrogens (primary N) is 1. The minimum Gasteiger partial charge on any atom is -0.371 e. The van der Waals surface area contributed by atoms with Crippen LogP contribution in [0.1, 0.15) is 24.8 Å². The van der Waals surface area contributed by atoms with Crippen molar-refractivity contribution in [2.45, 2.75) is 31.7 Å². The lowest BCUT2D eigenvalue weighted by Crippen LogP contribution is -2.37. The summed E-state index contributed by atoms with van der Waals surface area (Å²) >= 11 is 3.52. The maximum Gasteiger partial charge on any atom is 0.0399 e. The van der Waals surface area contributed by atoms with Gasteiger partial charge in [-0.2, -0.15) is 0 Å². The van der Waals surface area contributed by atoms with Gasteiger partial charge in [0, 0.05) is 23.2 Å². The number of halogens is 1. The Hall–Kier alpha value is -0.540. The van der Waals surface area contributed by atoms with Crippen LogP contribution in [-0.2, 0) is 6.42 Å². The fourth-order valence-corrected chi connectivity index (χ4v) is 2.63. The Morgan fingerprint density at radius 2 is 2.19 bits per heavy atom. The first-order chi connectivity index (χ1) is 7.72. The van der Waals surface area contributed by atoms with Gasteiger partial charge in [-0.3, -0.25) is 0 Å². The molecule has 1 aromatic carbocycles. The number of benzene rings is 1. The van der Waals surface area contributed by atoms with E-state index in [0.29, 0.717) is 6.54 Å². The summed E-state index contributed by atoms with van der Waals surface area (Å²) in [4.78, 5) is 2.42. The number of rotatable bonds is 4. The predicted octanol–water partition coefficient (Wildman–Crippen LogP) is 2.94. The molecule has 2 rings (SSSR count). The highest BCUT2D eigenvalue weighted by Gasteiger charge is 2.23. The third kappa shape index (κ3) is 2.41. The molecule has 0 amide bonds. The Morgan fingerprint density at radius 3 is 2.75 bits per heavy atom.